The number of esters is 1. The molecule has 1 aromatic carbocycles. The molecule has 152 valence electrons. The third kappa shape index (κ3) is 2.82. The van der Waals surface area contributed by atoms with Gasteiger partial charge in [0.05, 0.1) is 38.5 Å². The van der Waals surface area contributed by atoms with Crippen LogP contribution in [0.5, 0.6) is 0 Å². The Kier molecular flexibility index (Phi) is 4.64. The molecule has 4 atom stereocenters. The third-order valence-electron chi connectivity index (χ3n) is 6.11. The number of methoxy groups -OCH3 is 2. The van der Waals surface area contributed by atoms with E-state index in [2.05, 4.69) is 5.32 Å². The fourth-order valence-corrected chi connectivity index (χ4v) is 4.91. The van der Waals surface area contributed by atoms with Crippen molar-refractivity contribution in [3.8, 4) is 0 Å². The van der Waals surface area contributed by atoms with Crippen molar-refractivity contribution in [3.05, 3.63) is 41.1 Å². The highest BCUT2D eigenvalue weighted by atomic mass is 16.5. The van der Waals surface area contributed by atoms with E-state index in [1.54, 1.807) is 0 Å². The van der Waals surface area contributed by atoms with Gasteiger partial charge in [-0.3, -0.25) is 24.6 Å². The van der Waals surface area contributed by atoms with Crippen LogP contribution in [-0.2, 0) is 23.9 Å². The van der Waals surface area contributed by atoms with Crippen LogP contribution in [0.1, 0.15) is 36.9 Å². The van der Waals surface area contributed by atoms with Crippen molar-refractivity contribution in [2.75, 3.05) is 14.2 Å². The quantitative estimate of drug-likeness (QED) is 0.604. The number of amides is 3. The number of allylic oxidation sites excluding steroid dienone is 1. The van der Waals surface area contributed by atoms with E-state index in [1.165, 1.54) is 19.1 Å². The molecule has 0 saturated carbocycles. The first-order valence-corrected chi connectivity index (χ1v) is 9.50. The maximum Gasteiger partial charge on any atom is 0.414 e. The third-order valence-corrected chi connectivity index (χ3v) is 6.11. The van der Waals surface area contributed by atoms with Gasteiger partial charge in [-0.25, -0.2) is 4.79 Å². The highest BCUT2D eigenvalue weighted by Crippen LogP contribution is 2.53. The average molecular weight is 398 g/mol. The second-order valence-electron chi connectivity index (χ2n) is 7.62. The number of ether oxygens (including phenoxy) is 2. The van der Waals surface area contributed by atoms with E-state index in [0.717, 1.165) is 11.1 Å². The summed E-state index contributed by atoms with van der Waals surface area (Å²) < 4.78 is 9.87. The highest BCUT2D eigenvalue weighted by molar-refractivity contribution is 6.12. The Labute approximate surface area is 167 Å². The summed E-state index contributed by atoms with van der Waals surface area (Å²) in [5.74, 6) is -2.40. The number of fused-ring (bicyclic) bond motifs is 4. The number of carbonyl (C=O) groups excluding carboxylic acids is 4. The van der Waals surface area contributed by atoms with Gasteiger partial charge in [0.2, 0.25) is 11.8 Å². The fraction of sp³-hybridized carbons (Fsp3) is 0.429. The monoisotopic (exact) mass is 398 g/mol. The van der Waals surface area contributed by atoms with Gasteiger partial charge in [-0.05, 0) is 29.0 Å². The standard InChI is InChI=1S/C21H22N2O6/c1-10-8-14-17(18-16(10)19(25)22-20(18)26)12-7-5-4-6-11(12)13(9-15(24)28-2)23(14)21(27)29-3/h4-7,10,13,16,18H,8-9H2,1-3H3,(H,22,25,26)/t10-,13+,16-,18-/m1/s1. The largest absolute Gasteiger partial charge is 0.469 e. The zero-order chi connectivity index (χ0) is 20.9. The van der Waals surface area contributed by atoms with Gasteiger partial charge in [-0.1, -0.05) is 31.2 Å². The molecule has 1 saturated heterocycles. The molecule has 0 unspecified atom stereocenters. The van der Waals surface area contributed by atoms with Crippen molar-refractivity contribution >= 4 is 29.5 Å². The first-order chi connectivity index (χ1) is 13.9. The number of imide groups is 1. The lowest BCUT2D eigenvalue weighted by Crippen LogP contribution is -2.44. The van der Waals surface area contributed by atoms with Gasteiger partial charge in [0.1, 0.15) is 0 Å². The topological polar surface area (TPSA) is 102 Å². The number of nitrogens with zero attached hydrogens (tertiary/aromatic N) is 1. The highest BCUT2D eigenvalue weighted by Gasteiger charge is 2.54. The molecule has 1 fully saturated rings. The van der Waals surface area contributed by atoms with Crippen LogP contribution in [0.3, 0.4) is 0 Å². The molecular formula is C21H22N2O6. The summed E-state index contributed by atoms with van der Waals surface area (Å²) in [7, 11) is 2.57. The van der Waals surface area contributed by atoms with Crippen LogP contribution in [0, 0.1) is 17.8 Å². The maximum atomic E-state index is 12.8. The molecule has 29 heavy (non-hydrogen) atoms. The Morgan fingerprint density at radius 2 is 1.86 bits per heavy atom. The number of rotatable bonds is 2. The summed E-state index contributed by atoms with van der Waals surface area (Å²) >= 11 is 0. The molecule has 3 aliphatic rings. The van der Waals surface area contributed by atoms with Crippen LogP contribution in [0.25, 0.3) is 5.57 Å². The molecule has 1 N–H and O–H groups in total. The number of hydrogen-bond donors (Lipinski definition) is 1. The zero-order valence-corrected chi connectivity index (χ0v) is 16.4. The Hall–Kier alpha value is -3.16. The predicted molar refractivity (Wildman–Crippen MR) is 101 cm³/mol. The van der Waals surface area contributed by atoms with Gasteiger partial charge < -0.3 is 9.47 Å². The van der Waals surface area contributed by atoms with Gasteiger partial charge in [0.25, 0.3) is 0 Å². The van der Waals surface area contributed by atoms with E-state index in [-0.39, 0.29) is 24.2 Å². The summed E-state index contributed by atoms with van der Waals surface area (Å²) in [5.41, 5.74) is 2.80. The number of benzene rings is 1. The molecule has 0 radical (unpaired) electrons. The van der Waals surface area contributed by atoms with E-state index >= 15 is 0 Å². The lowest BCUT2D eigenvalue weighted by atomic mass is 9.67. The van der Waals surface area contributed by atoms with Gasteiger partial charge in [0.15, 0.2) is 0 Å². The van der Waals surface area contributed by atoms with Gasteiger partial charge in [-0.15, -0.1) is 0 Å². The number of hydrogen-bond acceptors (Lipinski definition) is 6. The second-order valence-corrected chi connectivity index (χ2v) is 7.62. The van der Waals surface area contributed by atoms with E-state index in [0.29, 0.717) is 17.7 Å². The first kappa shape index (κ1) is 19.2. The molecule has 8 nitrogen and oxygen atoms in total. The van der Waals surface area contributed by atoms with Crippen molar-refractivity contribution in [1.29, 1.82) is 0 Å². The molecule has 4 rings (SSSR count). The van der Waals surface area contributed by atoms with Crippen molar-refractivity contribution in [2.24, 2.45) is 17.8 Å². The first-order valence-electron chi connectivity index (χ1n) is 9.50. The molecule has 2 heterocycles. The average Bonchev–Trinajstić information content (AvgIpc) is 3.02. The lowest BCUT2D eigenvalue weighted by molar-refractivity contribution is -0.141. The minimum atomic E-state index is -0.673. The molecule has 0 bridgehead atoms. The molecule has 8 heteroatoms. The van der Waals surface area contributed by atoms with Crippen molar-refractivity contribution in [1.82, 2.24) is 10.2 Å². The fourth-order valence-electron chi connectivity index (χ4n) is 4.91. The molecular weight excluding hydrogens is 376 g/mol. The van der Waals surface area contributed by atoms with Crippen molar-refractivity contribution in [2.45, 2.75) is 25.8 Å². The Balaban J connectivity index is 1.96. The summed E-state index contributed by atoms with van der Waals surface area (Å²) in [4.78, 5) is 51.5. The van der Waals surface area contributed by atoms with Crippen LogP contribution in [0.15, 0.2) is 30.0 Å². The van der Waals surface area contributed by atoms with Crippen LogP contribution in [0.4, 0.5) is 4.79 Å². The minimum absolute atomic E-state index is 0.0486. The normalized spacial score (nSPS) is 27.6. The van der Waals surface area contributed by atoms with E-state index < -0.39 is 29.9 Å². The SMILES string of the molecule is COC(=O)C[C@H]1c2ccccc2C2=C(C[C@@H](C)[C@H]3C(=O)NC(=O)[C@@H]23)N1C(=O)OC. The lowest BCUT2D eigenvalue weighted by Gasteiger charge is -2.44. The number of carbonyl (C=O) groups is 4. The van der Waals surface area contributed by atoms with E-state index in [9.17, 15) is 19.2 Å². The Morgan fingerprint density at radius 1 is 1.14 bits per heavy atom. The zero-order valence-electron chi connectivity index (χ0n) is 16.4. The molecule has 1 aromatic rings. The number of nitrogens with one attached hydrogen (secondary N) is 1. The Morgan fingerprint density at radius 3 is 2.55 bits per heavy atom. The molecule has 0 aromatic heterocycles. The van der Waals surface area contributed by atoms with Crippen LogP contribution in [0.2, 0.25) is 0 Å². The summed E-state index contributed by atoms with van der Waals surface area (Å²) in [6.07, 6.45) is -0.248. The van der Waals surface area contributed by atoms with E-state index in [1.807, 2.05) is 31.2 Å². The minimum Gasteiger partial charge on any atom is -0.469 e. The van der Waals surface area contributed by atoms with Crippen molar-refractivity contribution < 1.29 is 28.7 Å². The van der Waals surface area contributed by atoms with Gasteiger partial charge in [0, 0.05) is 5.70 Å². The van der Waals surface area contributed by atoms with E-state index in [4.69, 9.17) is 9.47 Å². The molecule has 0 spiro atoms. The van der Waals surface area contributed by atoms with Crippen LogP contribution < -0.4 is 5.32 Å². The van der Waals surface area contributed by atoms with Gasteiger partial charge >= 0.3 is 12.1 Å². The smallest absolute Gasteiger partial charge is 0.414 e. The molecule has 1 aliphatic carbocycles. The van der Waals surface area contributed by atoms with Gasteiger partial charge in [-0.2, -0.15) is 0 Å². The summed E-state index contributed by atoms with van der Waals surface area (Å²) in [5, 5.41) is 2.44. The predicted octanol–water partition coefficient (Wildman–Crippen LogP) is 2.01. The van der Waals surface area contributed by atoms with Crippen LogP contribution in [-0.4, -0.2) is 43.0 Å². The molecule has 3 amide bonds. The Bertz CT molecular complexity index is 952. The second kappa shape index (κ2) is 7.02. The maximum absolute atomic E-state index is 12.8. The summed E-state index contributed by atoms with van der Waals surface area (Å²) in [6.45, 7) is 1.89. The summed E-state index contributed by atoms with van der Waals surface area (Å²) in [6, 6.07) is 6.73. The van der Waals surface area contributed by atoms with Crippen LogP contribution >= 0.6 is 0 Å². The van der Waals surface area contributed by atoms with Crippen molar-refractivity contribution in [3.63, 3.8) is 0 Å². The molecule has 2 aliphatic heterocycles.